The van der Waals surface area contributed by atoms with Gasteiger partial charge in [-0.05, 0) is 23.2 Å². The molecule has 0 spiro atoms. The molecule has 1 aromatic carbocycles. The Hall–Kier alpha value is -1.41. The van der Waals surface area contributed by atoms with Crippen LogP contribution in [0.2, 0.25) is 10.3 Å². The van der Waals surface area contributed by atoms with Gasteiger partial charge in [0.05, 0.1) is 6.20 Å². The Morgan fingerprint density at radius 2 is 1.95 bits per heavy atom. The first-order chi connectivity index (χ1) is 9.56. The molecule has 2 N–H and O–H groups in total. The van der Waals surface area contributed by atoms with Gasteiger partial charge in [0.15, 0.2) is 5.82 Å². The average molecular weight is 333 g/mol. The molecule has 0 radical (unpaired) electrons. The lowest BCUT2D eigenvalue weighted by molar-refractivity contribution is 0.601. The van der Waals surface area contributed by atoms with Gasteiger partial charge in [-0.25, -0.2) is 18.1 Å². The molecule has 0 amide bonds. The summed E-state index contributed by atoms with van der Waals surface area (Å²) in [5, 5.41) is 3.38. The number of aromatic nitrogens is 2. The molecule has 1 aromatic heterocycles. The SMILES string of the molecule is O=[SH](=O)NCc1ccccc1Nc1nc(Cl)ncc1Cl. The van der Waals surface area contributed by atoms with Gasteiger partial charge in [0.2, 0.25) is 16.2 Å². The number of thiol groups is 1. The van der Waals surface area contributed by atoms with Crippen LogP contribution in [0.5, 0.6) is 0 Å². The fourth-order valence-electron chi connectivity index (χ4n) is 1.51. The summed E-state index contributed by atoms with van der Waals surface area (Å²) in [6, 6.07) is 7.17. The van der Waals surface area contributed by atoms with E-state index in [9.17, 15) is 8.42 Å². The first kappa shape index (κ1) is 15.0. The molecule has 0 bridgehead atoms. The topological polar surface area (TPSA) is 84.0 Å². The maximum atomic E-state index is 10.6. The molecule has 0 aliphatic heterocycles. The minimum atomic E-state index is -2.66. The number of nitrogens with one attached hydrogen (secondary N) is 2. The molecule has 0 aliphatic rings. The van der Waals surface area contributed by atoms with Crippen LogP contribution >= 0.6 is 23.2 Å². The second kappa shape index (κ2) is 6.85. The summed E-state index contributed by atoms with van der Waals surface area (Å²) in [6.07, 6.45) is 1.38. The first-order valence-corrected chi connectivity index (χ1v) is 7.40. The van der Waals surface area contributed by atoms with E-state index in [0.29, 0.717) is 16.5 Å². The van der Waals surface area contributed by atoms with E-state index in [1.807, 2.05) is 0 Å². The summed E-state index contributed by atoms with van der Waals surface area (Å²) in [5.41, 5.74) is 1.42. The van der Waals surface area contributed by atoms with Crippen molar-refractivity contribution in [2.75, 3.05) is 5.32 Å². The third-order valence-corrected chi connectivity index (χ3v) is 3.26. The number of benzene rings is 1. The second-order valence-electron chi connectivity index (χ2n) is 3.71. The summed E-state index contributed by atoms with van der Waals surface area (Å²) >= 11 is 11.7. The highest BCUT2D eigenvalue weighted by Gasteiger charge is 2.07. The second-order valence-corrected chi connectivity index (χ2v) is 5.29. The normalized spacial score (nSPS) is 10.8. The van der Waals surface area contributed by atoms with Gasteiger partial charge < -0.3 is 5.32 Å². The predicted octanol–water partition coefficient (Wildman–Crippen LogP) is 2.14. The van der Waals surface area contributed by atoms with Crippen molar-refractivity contribution in [3.8, 4) is 0 Å². The van der Waals surface area contributed by atoms with E-state index in [2.05, 4.69) is 20.0 Å². The van der Waals surface area contributed by atoms with E-state index in [4.69, 9.17) is 23.2 Å². The molecule has 0 aliphatic carbocycles. The molecule has 0 atom stereocenters. The molecule has 0 saturated carbocycles. The third-order valence-electron chi connectivity index (χ3n) is 2.38. The Morgan fingerprint density at radius 3 is 2.70 bits per heavy atom. The van der Waals surface area contributed by atoms with E-state index < -0.39 is 10.9 Å². The smallest absolute Gasteiger partial charge is 0.224 e. The Labute approximate surface area is 127 Å². The van der Waals surface area contributed by atoms with Gasteiger partial charge in [0.25, 0.3) is 0 Å². The Bertz CT molecular complexity index is 686. The standard InChI is InChI=1S/C11H10Cl2N4O2S/c12-8-6-14-11(13)17-10(8)16-9-4-2-1-3-7(9)5-15-20(18)19/h1-4,6,20H,5H2,(H,14,16,17)(H,15,18,19). The van der Waals surface area contributed by atoms with Gasteiger partial charge >= 0.3 is 0 Å². The van der Waals surface area contributed by atoms with Crippen LogP contribution in [0.1, 0.15) is 5.56 Å². The number of rotatable bonds is 5. The van der Waals surface area contributed by atoms with Crippen LogP contribution in [0.3, 0.4) is 0 Å². The maximum Gasteiger partial charge on any atom is 0.224 e. The van der Waals surface area contributed by atoms with Gasteiger partial charge in [-0.15, -0.1) is 0 Å². The van der Waals surface area contributed by atoms with Crippen LogP contribution in [0, 0.1) is 0 Å². The molecular weight excluding hydrogens is 323 g/mol. The van der Waals surface area contributed by atoms with Gasteiger partial charge in [0.1, 0.15) is 5.02 Å². The molecule has 2 aromatic rings. The van der Waals surface area contributed by atoms with Crippen LogP contribution in [-0.4, -0.2) is 18.4 Å². The Kier molecular flexibility index (Phi) is 5.13. The lowest BCUT2D eigenvalue weighted by Crippen LogP contribution is -2.11. The molecule has 9 heteroatoms. The molecular formula is C11H10Cl2N4O2S. The molecule has 0 unspecified atom stereocenters. The van der Waals surface area contributed by atoms with Gasteiger partial charge in [-0.2, -0.15) is 4.98 Å². The number of hydrogen-bond donors (Lipinski definition) is 3. The largest absolute Gasteiger partial charge is 0.339 e. The fourth-order valence-corrected chi connectivity index (χ4v) is 2.08. The quantitative estimate of drug-likeness (QED) is 0.577. The average Bonchev–Trinajstić information content (AvgIpc) is 2.42. The van der Waals surface area contributed by atoms with Crippen LogP contribution < -0.4 is 10.0 Å². The van der Waals surface area contributed by atoms with Crippen molar-refractivity contribution in [3.05, 3.63) is 46.3 Å². The van der Waals surface area contributed by atoms with Crippen molar-refractivity contribution in [1.82, 2.24) is 14.7 Å². The van der Waals surface area contributed by atoms with Crippen molar-refractivity contribution in [2.45, 2.75) is 6.54 Å². The maximum absolute atomic E-state index is 10.6. The van der Waals surface area contributed by atoms with Gasteiger partial charge in [-0.1, -0.05) is 29.8 Å². The van der Waals surface area contributed by atoms with Gasteiger partial charge in [-0.3, -0.25) is 0 Å². The highest BCUT2D eigenvalue weighted by atomic mass is 35.5. The zero-order chi connectivity index (χ0) is 14.5. The van der Waals surface area contributed by atoms with E-state index >= 15 is 0 Å². The van der Waals surface area contributed by atoms with Crippen molar-refractivity contribution >= 4 is 45.6 Å². The molecule has 6 nitrogen and oxygen atoms in total. The fraction of sp³-hybridized carbons (Fsp3) is 0.0909. The van der Waals surface area contributed by atoms with Crippen molar-refractivity contribution < 1.29 is 8.42 Å². The molecule has 106 valence electrons. The number of nitrogens with zero attached hydrogens (tertiary/aromatic N) is 2. The predicted molar refractivity (Wildman–Crippen MR) is 78.9 cm³/mol. The zero-order valence-corrected chi connectivity index (χ0v) is 12.4. The first-order valence-electron chi connectivity index (χ1n) is 5.47. The highest BCUT2D eigenvalue weighted by Crippen LogP contribution is 2.25. The van der Waals surface area contributed by atoms with Crippen LogP contribution in [0.4, 0.5) is 11.5 Å². The van der Waals surface area contributed by atoms with Crippen molar-refractivity contribution in [2.24, 2.45) is 0 Å². The number of anilines is 2. The number of para-hydroxylation sites is 1. The summed E-state index contributed by atoms with van der Waals surface area (Å²) in [7, 11) is -2.66. The van der Waals surface area contributed by atoms with E-state index in [1.165, 1.54) is 6.20 Å². The number of halogens is 2. The van der Waals surface area contributed by atoms with E-state index in [0.717, 1.165) is 5.56 Å². The van der Waals surface area contributed by atoms with Crippen LogP contribution in [-0.2, 0) is 17.4 Å². The van der Waals surface area contributed by atoms with Crippen LogP contribution in [0.15, 0.2) is 30.5 Å². The Morgan fingerprint density at radius 1 is 1.20 bits per heavy atom. The van der Waals surface area contributed by atoms with E-state index in [-0.39, 0.29) is 11.8 Å². The molecule has 2 rings (SSSR count). The third kappa shape index (κ3) is 4.04. The summed E-state index contributed by atoms with van der Waals surface area (Å²) in [5.74, 6) is 0.352. The minimum absolute atomic E-state index is 0.0649. The summed E-state index contributed by atoms with van der Waals surface area (Å²) in [6.45, 7) is 0.165. The summed E-state index contributed by atoms with van der Waals surface area (Å²) < 4.78 is 23.5. The molecule has 1 heterocycles. The zero-order valence-electron chi connectivity index (χ0n) is 10.0. The van der Waals surface area contributed by atoms with Crippen molar-refractivity contribution in [1.29, 1.82) is 0 Å². The van der Waals surface area contributed by atoms with Gasteiger partial charge in [0, 0.05) is 12.2 Å². The monoisotopic (exact) mass is 332 g/mol. The lowest BCUT2D eigenvalue weighted by Gasteiger charge is -2.11. The summed E-state index contributed by atoms with van der Waals surface area (Å²) in [4.78, 5) is 7.73. The van der Waals surface area contributed by atoms with Crippen molar-refractivity contribution in [3.63, 3.8) is 0 Å². The van der Waals surface area contributed by atoms with Crippen LogP contribution in [0.25, 0.3) is 0 Å². The lowest BCUT2D eigenvalue weighted by atomic mass is 10.2. The van der Waals surface area contributed by atoms with E-state index in [1.54, 1.807) is 24.3 Å². The number of hydrogen-bond acceptors (Lipinski definition) is 5. The minimum Gasteiger partial charge on any atom is -0.339 e. The molecule has 0 fully saturated rings. The Balaban J connectivity index is 2.26. The molecule has 20 heavy (non-hydrogen) atoms. The molecule has 0 saturated heterocycles. The highest BCUT2D eigenvalue weighted by molar-refractivity contribution is 7.70.